The van der Waals surface area contributed by atoms with Crippen molar-refractivity contribution >= 4 is 35.1 Å². The molecule has 0 saturated carbocycles. The Bertz CT molecular complexity index is 561. The standard InChI is InChI=1S/C9H8ClN5OS/c1-5-13-8(4-17-5)9(16)15-12-3-7-6(10)2-11-14-7/h2-4H,1H3,(H,11,14)(H,15,16). The van der Waals surface area contributed by atoms with Crippen molar-refractivity contribution in [2.24, 2.45) is 5.10 Å². The van der Waals surface area contributed by atoms with E-state index in [0.717, 1.165) is 5.01 Å². The number of aromatic nitrogens is 3. The average Bonchev–Trinajstić information content (AvgIpc) is 2.88. The quantitative estimate of drug-likeness (QED) is 0.656. The first kappa shape index (κ1) is 11.7. The van der Waals surface area contributed by atoms with Gasteiger partial charge in [0.1, 0.15) is 5.69 Å². The normalized spacial score (nSPS) is 10.9. The first-order valence-corrected chi connectivity index (χ1v) is 5.87. The second kappa shape index (κ2) is 5.07. The molecule has 0 bridgehead atoms. The van der Waals surface area contributed by atoms with Gasteiger partial charge in [0.15, 0.2) is 0 Å². The van der Waals surface area contributed by atoms with Crippen LogP contribution >= 0.6 is 22.9 Å². The van der Waals surface area contributed by atoms with Gasteiger partial charge in [-0.1, -0.05) is 11.6 Å². The van der Waals surface area contributed by atoms with Gasteiger partial charge < -0.3 is 0 Å². The molecule has 0 unspecified atom stereocenters. The summed E-state index contributed by atoms with van der Waals surface area (Å²) < 4.78 is 0. The first-order chi connectivity index (χ1) is 8.16. The minimum Gasteiger partial charge on any atom is -0.275 e. The smallest absolute Gasteiger partial charge is 0.275 e. The molecule has 2 aromatic heterocycles. The summed E-state index contributed by atoms with van der Waals surface area (Å²) in [6.07, 6.45) is 2.83. The number of halogens is 1. The minimum atomic E-state index is -0.360. The molecule has 2 heterocycles. The number of rotatable bonds is 3. The lowest BCUT2D eigenvalue weighted by atomic mass is 10.5. The van der Waals surface area contributed by atoms with Crippen molar-refractivity contribution in [2.45, 2.75) is 6.92 Å². The SMILES string of the molecule is Cc1nc(C(=O)NN=Cc2[nH]ncc2Cl)cs1. The van der Waals surface area contributed by atoms with E-state index < -0.39 is 0 Å². The molecule has 2 aromatic rings. The van der Waals surface area contributed by atoms with E-state index in [1.54, 1.807) is 5.38 Å². The summed E-state index contributed by atoms with van der Waals surface area (Å²) in [6, 6.07) is 0. The van der Waals surface area contributed by atoms with Crippen LogP contribution in [0.4, 0.5) is 0 Å². The third-order valence-corrected chi connectivity index (χ3v) is 2.91. The van der Waals surface area contributed by atoms with E-state index in [-0.39, 0.29) is 5.91 Å². The maximum absolute atomic E-state index is 11.5. The van der Waals surface area contributed by atoms with Crippen molar-refractivity contribution in [1.29, 1.82) is 0 Å². The monoisotopic (exact) mass is 269 g/mol. The van der Waals surface area contributed by atoms with Crippen LogP contribution in [0.1, 0.15) is 21.2 Å². The number of H-pyrrole nitrogens is 1. The van der Waals surface area contributed by atoms with Crippen LogP contribution in [-0.2, 0) is 0 Å². The predicted octanol–water partition coefficient (Wildman–Crippen LogP) is 1.59. The maximum Gasteiger partial charge on any atom is 0.290 e. The van der Waals surface area contributed by atoms with E-state index in [2.05, 4.69) is 25.7 Å². The molecule has 6 nitrogen and oxygen atoms in total. The maximum atomic E-state index is 11.5. The highest BCUT2D eigenvalue weighted by Gasteiger charge is 2.07. The van der Waals surface area contributed by atoms with Crippen LogP contribution in [-0.4, -0.2) is 27.3 Å². The number of thiazole rings is 1. The van der Waals surface area contributed by atoms with E-state index in [0.29, 0.717) is 16.4 Å². The number of hydrogen-bond donors (Lipinski definition) is 2. The van der Waals surface area contributed by atoms with E-state index in [1.807, 2.05) is 6.92 Å². The fraction of sp³-hybridized carbons (Fsp3) is 0.111. The molecule has 0 atom stereocenters. The van der Waals surface area contributed by atoms with Gasteiger partial charge in [-0.2, -0.15) is 10.2 Å². The lowest BCUT2D eigenvalue weighted by Crippen LogP contribution is -2.18. The number of nitrogens with zero attached hydrogens (tertiary/aromatic N) is 3. The highest BCUT2D eigenvalue weighted by atomic mass is 35.5. The Balaban J connectivity index is 1.97. The summed E-state index contributed by atoms with van der Waals surface area (Å²) in [7, 11) is 0. The van der Waals surface area contributed by atoms with Crippen LogP contribution in [0.25, 0.3) is 0 Å². The van der Waals surface area contributed by atoms with Crippen molar-refractivity contribution in [3.63, 3.8) is 0 Å². The van der Waals surface area contributed by atoms with Gasteiger partial charge in [0.25, 0.3) is 5.91 Å². The molecule has 1 amide bonds. The lowest BCUT2D eigenvalue weighted by molar-refractivity contribution is 0.0950. The largest absolute Gasteiger partial charge is 0.290 e. The Morgan fingerprint density at radius 3 is 3.12 bits per heavy atom. The zero-order chi connectivity index (χ0) is 12.3. The van der Waals surface area contributed by atoms with Crippen LogP contribution in [0.15, 0.2) is 16.7 Å². The molecule has 0 saturated heterocycles. The third kappa shape index (κ3) is 2.89. The summed E-state index contributed by atoms with van der Waals surface area (Å²) >= 11 is 7.17. The Morgan fingerprint density at radius 1 is 1.71 bits per heavy atom. The number of carbonyl (C=O) groups excluding carboxylic acids is 1. The molecule has 0 spiro atoms. The predicted molar refractivity (Wildman–Crippen MR) is 65.5 cm³/mol. The number of nitrogens with one attached hydrogen (secondary N) is 2. The molecule has 8 heteroatoms. The van der Waals surface area contributed by atoms with Gasteiger partial charge in [0, 0.05) is 5.38 Å². The van der Waals surface area contributed by atoms with Crippen molar-refractivity contribution in [3.05, 3.63) is 33.0 Å². The van der Waals surface area contributed by atoms with Crippen molar-refractivity contribution in [1.82, 2.24) is 20.6 Å². The topological polar surface area (TPSA) is 83.0 Å². The van der Waals surface area contributed by atoms with E-state index >= 15 is 0 Å². The summed E-state index contributed by atoms with van der Waals surface area (Å²) in [5.41, 5.74) is 3.22. The van der Waals surface area contributed by atoms with Crippen LogP contribution in [0.3, 0.4) is 0 Å². The van der Waals surface area contributed by atoms with Gasteiger partial charge in [-0.05, 0) is 6.92 Å². The van der Waals surface area contributed by atoms with Crippen LogP contribution < -0.4 is 5.43 Å². The number of aryl methyl sites for hydroxylation is 1. The fourth-order valence-corrected chi connectivity index (χ4v) is 1.79. The zero-order valence-electron chi connectivity index (χ0n) is 8.77. The first-order valence-electron chi connectivity index (χ1n) is 4.61. The van der Waals surface area contributed by atoms with E-state index in [1.165, 1.54) is 23.7 Å². The highest BCUT2D eigenvalue weighted by Crippen LogP contribution is 2.09. The fourth-order valence-electron chi connectivity index (χ4n) is 1.05. The number of hydrazone groups is 1. The molecule has 2 N–H and O–H groups in total. The molecule has 0 aliphatic carbocycles. The van der Waals surface area contributed by atoms with Gasteiger partial charge in [0.05, 0.1) is 28.1 Å². The molecule has 0 radical (unpaired) electrons. The van der Waals surface area contributed by atoms with E-state index in [4.69, 9.17) is 11.6 Å². The number of carbonyl (C=O) groups is 1. The summed E-state index contributed by atoms with van der Waals surface area (Å²) in [4.78, 5) is 15.6. The molecule has 2 rings (SSSR count). The molecular formula is C9H8ClN5OS. The average molecular weight is 270 g/mol. The Kier molecular flexibility index (Phi) is 3.50. The van der Waals surface area contributed by atoms with E-state index in [9.17, 15) is 4.79 Å². The highest BCUT2D eigenvalue weighted by molar-refractivity contribution is 7.09. The third-order valence-electron chi connectivity index (χ3n) is 1.83. The van der Waals surface area contributed by atoms with Crippen molar-refractivity contribution < 1.29 is 4.79 Å². The summed E-state index contributed by atoms with van der Waals surface area (Å²) in [5.74, 6) is -0.360. The molecule has 0 aromatic carbocycles. The van der Waals surface area contributed by atoms with Crippen LogP contribution in [0, 0.1) is 6.92 Å². The van der Waals surface area contributed by atoms with Crippen molar-refractivity contribution in [3.8, 4) is 0 Å². The Labute approximate surface area is 106 Å². The van der Waals surface area contributed by atoms with Crippen LogP contribution in [0.5, 0.6) is 0 Å². The second-order valence-corrected chi connectivity index (χ2v) is 4.55. The van der Waals surface area contributed by atoms with Crippen LogP contribution in [0.2, 0.25) is 5.02 Å². The van der Waals surface area contributed by atoms with Gasteiger partial charge in [-0.15, -0.1) is 11.3 Å². The molecule has 88 valence electrons. The minimum absolute atomic E-state index is 0.348. The number of hydrogen-bond acceptors (Lipinski definition) is 5. The Hall–Kier alpha value is -1.73. The van der Waals surface area contributed by atoms with Gasteiger partial charge in [-0.25, -0.2) is 10.4 Å². The molecule has 17 heavy (non-hydrogen) atoms. The summed E-state index contributed by atoms with van der Waals surface area (Å²) in [5, 5.41) is 13.0. The lowest BCUT2D eigenvalue weighted by Gasteiger charge is -1.94. The number of amides is 1. The molecule has 0 aliphatic heterocycles. The number of aromatic amines is 1. The molecule has 0 fully saturated rings. The zero-order valence-corrected chi connectivity index (χ0v) is 10.3. The molecular weight excluding hydrogens is 262 g/mol. The van der Waals surface area contributed by atoms with Gasteiger partial charge in [-0.3, -0.25) is 9.89 Å². The Morgan fingerprint density at radius 2 is 2.53 bits per heavy atom. The van der Waals surface area contributed by atoms with Gasteiger partial charge >= 0.3 is 0 Å². The molecule has 0 aliphatic rings. The second-order valence-electron chi connectivity index (χ2n) is 3.08. The van der Waals surface area contributed by atoms with Crippen molar-refractivity contribution in [2.75, 3.05) is 0 Å². The van der Waals surface area contributed by atoms with Gasteiger partial charge in [0.2, 0.25) is 0 Å². The summed E-state index contributed by atoms with van der Waals surface area (Å²) in [6.45, 7) is 1.83.